The van der Waals surface area contributed by atoms with Crippen molar-refractivity contribution in [1.29, 1.82) is 0 Å². The molecule has 21 heavy (non-hydrogen) atoms. The summed E-state index contributed by atoms with van der Waals surface area (Å²) < 4.78 is 0. The predicted octanol–water partition coefficient (Wildman–Crippen LogP) is 0.113. The van der Waals surface area contributed by atoms with Crippen molar-refractivity contribution in [3.63, 3.8) is 0 Å². The summed E-state index contributed by atoms with van der Waals surface area (Å²) in [6.07, 6.45) is 3.28. The highest BCUT2D eigenvalue weighted by Gasteiger charge is 2.32. The molecule has 0 saturated carbocycles. The number of hydrogen-bond acceptors (Lipinski definition) is 4. The molecule has 3 rings (SSSR count). The van der Waals surface area contributed by atoms with E-state index in [1.54, 1.807) is 18.2 Å². The molecular weight excluding hydrogens is 268 g/mol. The molecule has 0 aromatic heterocycles. The molecule has 1 aliphatic rings. The Morgan fingerprint density at radius 3 is 2.67 bits per heavy atom. The molecule has 0 spiro atoms. The van der Waals surface area contributed by atoms with E-state index in [9.17, 15) is 19.8 Å². The Morgan fingerprint density at radius 2 is 2.00 bits per heavy atom. The van der Waals surface area contributed by atoms with E-state index < -0.39 is 11.7 Å². The minimum absolute atomic E-state index is 0.0362. The van der Waals surface area contributed by atoms with Crippen LogP contribution in [-0.4, -0.2) is 28.1 Å². The Balaban J connectivity index is 2.41. The fourth-order valence-electron chi connectivity index (χ4n) is 2.72. The van der Waals surface area contributed by atoms with Crippen LogP contribution < -0.4 is 10.4 Å². The number of carbonyl (C=O) groups excluding carboxylic acids is 2. The first-order chi connectivity index (χ1) is 9.92. The van der Waals surface area contributed by atoms with Gasteiger partial charge < -0.3 is 15.0 Å². The van der Waals surface area contributed by atoms with Crippen molar-refractivity contribution < 1.29 is 19.8 Å². The molecule has 0 bridgehead atoms. The van der Waals surface area contributed by atoms with Gasteiger partial charge in [-0.1, -0.05) is 24.3 Å². The third-order valence-corrected chi connectivity index (χ3v) is 3.83. The van der Waals surface area contributed by atoms with Crippen LogP contribution in [-0.2, 0) is 4.79 Å². The van der Waals surface area contributed by atoms with Crippen LogP contribution in [0.5, 0.6) is 0 Å². The highest BCUT2D eigenvalue weighted by atomic mass is 16.5. The molecule has 0 aliphatic heterocycles. The minimum Gasteiger partial charge on any atom is -0.362 e. The molecule has 0 saturated heterocycles. The zero-order valence-electron chi connectivity index (χ0n) is 11.4. The highest BCUT2D eigenvalue weighted by Crippen LogP contribution is 2.20. The maximum absolute atomic E-state index is 11.7. The molecule has 0 amide bonds. The topological polar surface area (TPSA) is 74.6 Å². The molecule has 1 aliphatic carbocycles. The maximum Gasteiger partial charge on any atom is 0.196 e. The summed E-state index contributed by atoms with van der Waals surface area (Å²) in [7, 11) is 0. The van der Waals surface area contributed by atoms with E-state index in [4.69, 9.17) is 0 Å². The maximum atomic E-state index is 11.7. The summed E-state index contributed by atoms with van der Waals surface area (Å²) in [5.41, 5.74) is 0.608. The van der Waals surface area contributed by atoms with Gasteiger partial charge in [-0.15, -0.1) is 0 Å². The SMILES string of the molecule is CC(=O)c1cccc2cc3c(cc12)=CC(C=O)C(O)(O)C=3. The van der Waals surface area contributed by atoms with Crippen LogP contribution in [0.3, 0.4) is 0 Å². The fourth-order valence-corrected chi connectivity index (χ4v) is 2.72. The summed E-state index contributed by atoms with van der Waals surface area (Å²) in [6, 6.07) is 9.00. The normalized spacial score (nSPS) is 19.3. The number of fused-ring (bicyclic) bond motifs is 2. The lowest BCUT2D eigenvalue weighted by molar-refractivity contribution is -0.143. The average molecular weight is 282 g/mol. The molecule has 2 aromatic rings. The van der Waals surface area contributed by atoms with E-state index in [0.717, 1.165) is 10.8 Å². The van der Waals surface area contributed by atoms with E-state index in [2.05, 4.69) is 0 Å². The second-order valence-corrected chi connectivity index (χ2v) is 5.32. The molecule has 1 unspecified atom stereocenters. The van der Waals surface area contributed by atoms with Gasteiger partial charge in [-0.05, 0) is 46.3 Å². The predicted molar refractivity (Wildman–Crippen MR) is 78.9 cm³/mol. The number of aldehydes is 1. The van der Waals surface area contributed by atoms with E-state index in [0.29, 0.717) is 22.3 Å². The van der Waals surface area contributed by atoms with Gasteiger partial charge in [-0.2, -0.15) is 0 Å². The summed E-state index contributed by atoms with van der Waals surface area (Å²) in [6.45, 7) is 1.50. The van der Waals surface area contributed by atoms with Crippen molar-refractivity contribution in [2.45, 2.75) is 12.7 Å². The summed E-state index contributed by atoms with van der Waals surface area (Å²) in [5.74, 6) is -3.24. The van der Waals surface area contributed by atoms with Gasteiger partial charge in [0.1, 0.15) is 6.29 Å². The summed E-state index contributed by atoms with van der Waals surface area (Å²) in [4.78, 5) is 22.7. The molecule has 0 fully saturated rings. The van der Waals surface area contributed by atoms with Gasteiger partial charge >= 0.3 is 0 Å². The largest absolute Gasteiger partial charge is 0.362 e. The van der Waals surface area contributed by atoms with Crippen LogP contribution in [0.4, 0.5) is 0 Å². The van der Waals surface area contributed by atoms with Crippen LogP contribution in [0.15, 0.2) is 30.3 Å². The van der Waals surface area contributed by atoms with Crippen LogP contribution in [0, 0.1) is 5.92 Å². The van der Waals surface area contributed by atoms with Gasteiger partial charge in [0, 0.05) is 5.56 Å². The van der Waals surface area contributed by atoms with Gasteiger partial charge in [0.25, 0.3) is 0 Å². The van der Waals surface area contributed by atoms with E-state index in [1.807, 2.05) is 12.1 Å². The van der Waals surface area contributed by atoms with Gasteiger partial charge in [-0.3, -0.25) is 4.79 Å². The van der Waals surface area contributed by atoms with Crippen LogP contribution in [0.25, 0.3) is 22.9 Å². The second kappa shape index (κ2) is 4.62. The number of benzene rings is 2. The molecule has 0 heterocycles. The van der Waals surface area contributed by atoms with E-state index in [-0.39, 0.29) is 5.78 Å². The highest BCUT2D eigenvalue weighted by molar-refractivity contribution is 6.07. The van der Waals surface area contributed by atoms with Crippen molar-refractivity contribution in [2.24, 2.45) is 5.92 Å². The molecule has 0 radical (unpaired) electrons. The monoisotopic (exact) mass is 282 g/mol. The molecule has 4 heteroatoms. The number of hydrogen-bond donors (Lipinski definition) is 2. The summed E-state index contributed by atoms with van der Waals surface area (Å²) in [5, 5.41) is 22.7. The fraction of sp³-hybridized carbons (Fsp3) is 0.176. The lowest BCUT2D eigenvalue weighted by Crippen LogP contribution is -2.45. The third kappa shape index (κ3) is 2.18. The van der Waals surface area contributed by atoms with Crippen molar-refractivity contribution in [3.8, 4) is 0 Å². The van der Waals surface area contributed by atoms with Crippen LogP contribution in [0.2, 0.25) is 0 Å². The molecule has 2 aromatic carbocycles. The van der Waals surface area contributed by atoms with Crippen molar-refractivity contribution in [1.82, 2.24) is 0 Å². The number of carbonyl (C=O) groups is 2. The van der Waals surface area contributed by atoms with Crippen molar-refractivity contribution in [3.05, 3.63) is 46.3 Å². The summed E-state index contributed by atoms with van der Waals surface area (Å²) >= 11 is 0. The Labute approximate surface area is 120 Å². The molecule has 1 atom stereocenters. The zero-order valence-corrected chi connectivity index (χ0v) is 11.4. The first kappa shape index (κ1) is 13.7. The molecule has 2 N–H and O–H groups in total. The number of ketones is 1. The Bertz CT molecular complexity index is 878. The molecule has 106 valence electrons. The van der Waals surface area contributed by atoms with Gasteiger partial charge in [0.05, 0.1) is 5.92 Å². The lowest BCUT2D eigenvalue weighted by atomic mass is 9.90. The van der Waals surface area contributed by atoms with Crippen LogP contribution in [0.1, 0.15) is 17.3 Å². The standard InChI is InChI=1S/C17H14O4/c1-10(19)15-4-2-3-11-5-13-8-17(20,21)14(9-18)6-12(13)7-16(11)15/h2-9,14,20-21H,1H3. The average Bonchev–Trinajstić information content (AvgIpc) is 2.42. The number of rotatable bonds is 2. The molecular formula is C17H14O4. The van der Waals surface area contributed by atoms with E-state index in [1.165, 1.54) is 19.1 Å². The van der Waals surface area contributed by atoms with Crippen molar-refractivity contribution >= 4 is 35.0 Å². The smallest absolute Gasteiger partial charge is 0.196 e. The Morgan fingerprint density at radius 1 is 1.24 bits per heavy atom. The quantitative estimate of drug-likeness (QED) is 0.466. The lowest BCUT2D eigenvalue weighted by Gasteiger charge is -2.24. The number of aliphatic hydroxyl groups is 2. The van der Waals surface area contributed by atoms with E-state index >= 15 is 0 Å². The van der Waals surface area contributed by atoms with Crippen LogP contribution >= 0.6 is 0 Å². The van der Waals surface area contributed by atoms with Gasteiger partial charge in [0.2, 0.25) is 0 Å². The van der Waals surface area contributed by atoms with Crippen molar-refractivity contribution in [2.75, 3.05) is 0 Å². The van der Waals surface area contributed by atoms with Gasteiger partial charge in [-0.25, -0.2) is 0 Å². The zero-order chi connectivity index (χ0) is 15.2. The van der Waals surface area contributed by atoms with Gasteiger partial charge in [0.15, 0.2) is 11.6 Å². The second-order valence-electron chi connectivity index (χ2n) is 5.32. The Kier molecular flexibility index (Phi) is 3.01. The third-order valence-electron chi connectivity index (χ3n) is 3.83. The molecule has 4 nitrogen and oxygen atoms in total. The first-order valence-electron chi connectivity index (χ1n) is 6.61. The number of Topliss-reactive ketones (excluding diaryl/α,β-unsaturated/α-hetero) is 1. The minimum atomic E-state index is -2.18. The Hall–Kier alpha value is -2.30. The first-order valence-corrected chi connectivity index (χ1v) is 6.61.